The monoisotopic (exact) mass is 269 g/mol. The quantitative estimate of drug-likeness (QED) is 0.897. The Kier molecular flexibility index (Phi) is 3.32. The summed E-state index contributed by atoms with van der Waals surface area (Å²) in [6.07, 6.45) is 2.67. The molecule has 0 fully saturated rings. The van der Waals surface area contributed by atoms with Crippen molar-refractivity contribution in [2.45, 2.75) is 25.5 Å². The van der Waals surface area contributed by atoms with Crippen LogP contribution in [0.4, 0.5) is 5.82 Å². The van der Waals surface area contributed by atoms with Crippen molar-refractivity contribution in [3.05, 3.63) is 53.2 Å². The van der Waals surface area contributed by atoms with Gasteiger partial charge in [0.25, 0.3) is 0 Å². The maximum atomic E-state index is 6.08. The van der Waals surface area contributed by atoms with Gasteiger partial charge in [-0.1, -0.05) is 18.2 Å². The Morgan fingerprint density at radius 3 is 2.85 bits per heavy atom. The standard InChI is InChI=1S/C16H19N3O/c1-10-7-8-19-16(17)14(10)15(18-2)13-9-11-5-3-4-6-12(11)20-13/h3-8,13,15,18H,9H2,1-2H3,(H2,17,19). The molecular formula is C16H19N3O. The van der Waals surface area contributed by atoms with E-state index in [1.807, 2.05) is 31.3 Å². The summed E-state index contributed by atoms with van der Waals surface area (Å²) in [7, 11) is 1.93. The first-order valence-electron chi connectivity index (χ1n) is 6.83. The summed E-state index contributed by atoms with van der Waals surface area (Å²) >= 11 is 0. The third-order valence-corrected chi connectivity index (χ3v) is 3.90. The van der Waals surface area contributed by atoms with Crippen LogP contribution in [0.25, 0.3) is 0 Å². The molecule has 2 atom stereocenters. The van der Waals surface area contributed by atoms with Gasteiger partial charge in [0.1, 0.15) is 17.7 Å². The summed E-state index contributed by atoms with van der Waals surface area (Å²) < 4.78 is 6.08. The average Bonchev–Trinajstić information content (AvgIpc) is 2.86. The molecule has 2 heterocycles. The number of rotatable bonds is 3. The molecule has 0 aliphatic carbocycles. The van der Waals surface area contributed by atoms with E-state index < -0.39 is 0 Å². The molecule has 2 unspecified atom stereocenters. The summed E-state index contributed by atoms with van der Waals surface area (Å²) in [5.41, 5.74) is 9.48. The van der Waals surface area contributed by atoms with Gasteiger partial charge in [-0.15, -0.1) is 0 Å². The summed E-state index contributed by atoms with van der Waals surface area (Å²) in [5.74, 6) is 1.54. The number of nitrogens with one attached hydrogen (secondary N) is 1. The average molecular weight is 269 g/mol. The lowest BCUT2D eigenvalue weighted by atomic mass is 9.95. The minimum atomic E-state index is 0.0381. The number of likely N-dealkylation sites (N-methyl/N-ethyl adjacent to an activating group) is 1. The number of aryl methyl sites for hydroxylation is 1. The predicted octanol–water partition coefficient (Wildman–Crippen LogP) is 2.24. The molecule has 4 heteroatoms. The molecule has 3 rings (SSSR count). The zero-order valence-electron chi connectivity index (χ0n) is 11.8. The van der Waals surface area contributed by atoms with E-state index in [1.54, 1.807) is 6.20 Å². The largest absolute Gasteiger partial charge is 0.488 e. The Balaban J connectivity index is 1.93. The Hall–Kier alpha value is -2.07. The Labute approximate surface area is 119 Å². The predicted molar refractivity (Wildman–Crippen MR) is 79.7 cm³/mol. The normalized spacial score (nSPS) is 18.4. The number of anilines is 1. The third kappa shape index (κ3) is 2.12. The van der Waals surface area contributed by atoms with Gasteiger partial charge in [0, 0.05) is 18.2 Å². The molecule has 20 heavy (non-hydrogen) atoms. The zero-order chi connectivity index (χ0) is 14.1. The highest BCUT2D eigenvalue weighted by Gasteiger charge is 2.32. The van der Waals surface area contributed by atoms with Crippen molar-refractivity contribution in [2.75, 3.05) is 12.8 Å². The Morgan fingerprint density at radius 2 is 2.15 bits per heavy atom. The molecule has 104 valence electrons. The second kappa shape index (κ2) is 5.13. The molecule has 3 N–H and O–H groups in total. The van der Waals surface area contributed by atoms with Crippen molar-refractivity contribution >= 4 is 5.82 Å². The lowest BCUT2D eigenvalue weighted by molar-refractivity contribution is 0.183. The van der Waals surface area contributed by atoms with E-state index in [2.05, 4.69) is 23.3 Å². The van der Waals surface area contributed by atoms with Crippen molar-refractivity contribution in [1.82, 2.24) is 10.3 Å². The first-order chi connectivity index (χ1) is 9.70. The molecule has 0 saturated heterocycles. The van der Waals surface area contributed by atoms with Crippen LogP contribution in [0.15, 0.2) is 36.5 Å². The fourth-order valence-corrected chi connectivity index (χ4v) is 2.91. The highest BCUT2D eigenvalue weighted by atomic mass is 16.5. The fraction of sp³-hybridized carbons (Fsp3) is 0.312. The second-order valence-corrected chi connectivity index (χ2v) is 5.16. The number of nitrogens with zero attached hydrogens (tertiary/aromatic N) is 1. The first kappa shape index (κ1) is 12.9. The van der Waals surface area contributed by atoms with Crippen LogP contribution in [0.2, 0.25) is 0 Å². The summed E-state index contributed by atoms with van der Waals surface area (Å²) in [6.45, 7) is 2.06. The maximum Gasteiger partial charge on any atom is 0.128 e. The summed E-state index contributed by atoms with van der Waals surface area (Å²) in [6, 6.07) is 10.2. The highest BCUT2D eigenvalue weighted by molar-refractivity contribution is 5.48. The SMILES string of the molecule is CNC(c1c(C)ccnc1N)C1Cc2ccccc2O1. The first-order valence-corrected chi connectivity index (χ1v) is 6.83. The van der Waals surface area contributed by atoms with E-state index in [4.69, 9.17) is 10.5 Å². The van der Waals surface area contributed by atoms with E-state index in [-0.39, 0.29) is 12.1 Å². The molecule has 1 aliphatic rings. The molecule has 1 aliphatic heterocycles. The minimum Gasteiger partial charge on any atom is -0.488 e. The maximum absolute atomic E-state index is 6.08. The van der Waals surface area contributed by atoms with Gasteiger partial charge in [-0.3, -0.25) is 0 Å². The second-order valence-electron chi connectivity index (χ2n) is 5.16. The van der Waals surface area contributed by atoms with Crippen LogP contribution < -0.4 is 15.8 Å². The zero-order valence-corrected chi connectivity index (χ0v) is 11.8. The Morgan fingerprint density at radius 1 is 1.35 bits per heavy atom. The lowest BCUT2D eigenvalue weighted by Crippen LogP contribution is -2.34. The van der Waals surface area contributed by atoms with Gasteiger partial charge in [-0.25, -0.2) is 4.98 Å². The number of pyridine rings is 1. The number of benzene rings is 1. The van der Waals surface area contributed by atoms with Crippen molar-refractivity contribution in [3.8, 4) is 5.75 Å². The van der Waals surface area contributed by atoms with Gasteiger partial charge >= 0.3 is 0 Å². The van der Waals surface area contributed by atoms with Crippen LogP contribution in [-0.4, -0.2) is 18.1 Å². The van der Waals surface area contributed by atoms with Crippen LogP contribution in [0.5, 0.6) is 5.75 Å². The van der Waals surface area contributed by atoms with Crippen molar-refractivity contribution in [2.24, 2.45) is 0 Å². The van der Waals surface area contributed by atoms with Crippen molar-refractivity contribution in [3.63, 3.8) is 0 Å². The number of hydrogen-bond donors (Lipinski definition) is 2. The van der Waals surface area contributed by atoms with Gasteiger partial charge < -0.3 is 15.8 Å². The summed E-state index contributed by atoms with van der Waals surface area (Å²) in [5, 5.41) is 3.33. The molecule has 2 aromatic rings. The number of fused-ring (bicyclic) bond motifs is 1. The smallest absolute Gasteiger partial charge is 0.128 e. The van der Waals surface area contributed by atoms with E-state index in [1.165, 1.54) is 5.56 Å². The number of nitrogens with two attached hydrogens (primary N) is 1. The molecule has 1 aromatic heterocycles. The number of nitrogen functional groups attached to an aromatic ring is 1. The van der Waals surface area contributed by atoms with Gasteiger partial charge in [0.15, 0.2) is 0 Å². The van der Waals surface area contributed by atoms with Crippen molar-refractivity contribution in [1.29, 1.82) is 0 Å². The van der Waals surface area contributed by atoms with E-state index in [9.17, 15) is 0 Å². The molecule has 0 spiro atoms. The third-order valence-electron chi connectivity index (χ3n) is 3.90. The lowest BCUT2D eigenvalue weighted by Gasteiger charge is -2.25. The number of aromatic nitrogens is 1. The van der Waals surface area contributed by atoms with E-state index >= 15 is 0 Å². The van der Waals surface area contributed by atoms with Gasteiger partial charge in [-0.2, -0.15) is 0 Å². The van der Waals surface area contributed by atoms with Crippen molar-refractivity contribution < 1.29 is 4.74 Å². The van der Waals surface area contributed by atoms with Crippen LogP contribution in [0.1, 0.15) is 22.7 Å². The molecule has 4 nitrogen and oxygen atoms in total. The van der Waals surface area contributed by atoms with E-state index in [0.717, 1.165) is 23.3 Å². The van der Waals surface area contributed by atoms with Crippen LogP contribution in [0.3, 0.4) is 0 Å². The number of hydrogen-bond acceptors (Lipinski definition) is 4. The number of para-hydroxylation sites is 1. The fourth-order valence-electron chi connectivity index (χ4n) is 2.91. The summed E-state index contributed by atoms with van der Waals surface area (Å²) in [4.78, 5) is 4.21. The van der Waals surface area contributed by atoms with Crippen LogP contribution in [0, 0.1) is 6.92 Å². The molecule has 0 saturated carbocycles. The molecule has 0 amide bonds. The molecular weight excluding hydrogens is 250 g/mol. The van der Waals surface area contributed by atoms with Crippen LogP contribution >= 0.6 is 0 Å². The molecule has 0 bridgehead atoms. The molecule has 0 radical (unpaired) electrons. The molecule has 1 aromatic carbocycles. The topological polar surface area (TPSA) is 60.2 Å². The minimum absolute atomic E-state index is 0.0381. The van der Waals surface area contributed by atoms with Crippen LogP contribution in [-0.2, 0) is 6.42 Å². The van der Waals surface area contributed by atoms with Gasteiger partial charge in [0.2, 0.25) is 0 Å². The van der Waals surface area contributed by atoms with Gasteiger partial charge in [0.05, 0.1) is 6.04 Å². The Bertz CT molecular complexity index is 582. The number of ether oxygens (including phenoxy) is 1. The van der Waals surface area contributed by atoms with E-state index in [0.29, 0.717) is 5.82 Å². The highest BCUT2D eigenvalue weighted by Crippen LogP contribution is 2.35. The van der Waals surface area contributed by atoms with Gasteiger partial charge in [-0.05, 0) is 37.2 Å².